The zero-order valence-electron chi connectivity index (χ0n) is 14.1. The van der Waals surface area contributed by atoms with Crippen molar-refractivity contribution in [2.75, 3.05) is 5.32 Å². The molecular formula is C20H19F3N2O. The van der Waals surface area contributed by atoms with Gasteiger partial charge in [0.25, 0.3) is 5.91 Å². The van der Waals surface area contributed by atoms with Gasteiger partial charge in [-0.05, 0) is 55.4 Å². The van der Waals surface area contributed by atoms with Crippen LogP contribution in [0.3, 0.4) is 0 Å². The number of benzene rings is 2. The van der Waals surface area contributed by atoms with Crippen LogP contribution in [-0.4, -0.2) is 11.6 Å². The number of hydrogen-bond donors (Lipinski definition) is 2. The molecule has 136 valence electrons. The lowest BCUT2D eigenvalue weighted by Gasteiger charge is -2.45. The van der Waals surface area contributed by atoms with Gasteiger partial charge >= 0.3 is 6.18 Å². The molecule has 0 unspecified atom stereocenters. The largest absolute Gasteiger partial charge is 0.416 e. The number of halogens is 3. The summed E-state index contributed by atoms with van der Waals surface area (Å²) in [6.07, 6.45) is -1.54. The normalized spacial score (nSPS) is 25.3. The van der Waals surface area contributed by atoms with Crippen LogP contribution in [0.15, 0.2) is 48.5 Å². The SMILES string of the molecule is O=C1NC2(CCC(c3cccc(C(F)(F)F)c3)CC2)Nc2ccccc21. The molecule has 2 aromatic carbocycles. The van der Waals surface area contributed by atoms with Crippen molar-refractivity contribution in [3.8, 4) is 0 Å². The fraction of sp³-hybridized carbons (Fsp3) is 0.350. The minimum atomic E-state index is -4.32. The summed E-state index contributed by atoms with van der Waals surface area (Å²) in [6, 6.07) is 13.0. The molecule has 2 N–H and O–H groups in total. The summed E-state index contributed by atoms with van der Waals surface area (Å²) >= 11 is 0. The van der Waals surface area contributed by atoms with Crippen molar-refractivity contribution in [3.05, 3.63) is 65.2 Å². The lowest BCUT2D eigenvalue weighted by Crippen LogP contribution is -2.58. The van der Waals surface area contributed by atoms with Crippen LogP contribution in [-0.2, 0) is 6.18 Å². The highest BCUT2D eigenvalue weighted by molar-refractivity contribution is 6.02. The van der Waals surface area contributed by atoms with Crippen LogP contribution in [0.4, 0.5) is 18.9 Å². The molecule has 1 spiro atoms. The van der Waals surface area contributed by atoms with Gasteiger partial charge in [0, 0.05) is 5.69 Å². The van der Waals surface area contributed by atoms with Gasteiger partial charge in [-0.25, -0.2) is 0 Å². The van der Waals surface area contributed by atoms with Crippen LogP contribution < -0.4 is 10.6 Å². The molecule has 1 fully saturated rings. The molecule has 0 radical (unpaired) electrons. The Morgan fingerprint density at radius 2 is 1.69 bits per heavy atom. The van der Waals surface area contributed by atoms with Crippen molar-refractivity contribution in [2.24, 2.45) is 0 Å². The van der Waals surface area contributed by atoms with E-state index < -0.39 is 17.4 Å². The first kappa shape index (κ1) is 16.9. The van der Waals surface area contributed by atoms with Crippen LogP contribution >= 0.6 is 0 Å². The number of nitrogens with one attached hydrogen (secondary N) is 2. The van der Waals surface area contributed by atoms with Gasteiger partial charge in [-0.2, -0.15) is 13.2 Å². The van der Waals surface area contributed by atoms with Gasteiger partial charge in [-0.15, -0.1) is 0 Å². The van der Waals surface area contributed by atoms with E-state index in [0.717, 1.165) is 30.2 Å². The summed E-state index contributed by atoms with van der Waals surface area (Å²) in [5.74, 6) is -0.0318. The molecule has 0 atom stereocenters. The second kappa shape index (κ2) is 6.04. The third kappa shape index (κ3) is 3.04. The predicted octanol–water partition coefficient (Wildman–Crippen LogP) is 4.91. The molecule has 6 heteroatoms. The number of hydrogen-bond acceptors (Lipinski definition) is 2. The third-order valence-corrected chi connectivity index (χ3v) is 5.42. The van der Waals surface area contributed by atoms with Crippen molar-refractivity contribution >= 4 is 11.6 Å². The first-order valence-corrected chi connectivity index (χ1v) is 8.73. The Bertz CT molecular complexity index is 839. The molecule has 1 aliphatic heterocycles. The highest BCUT2D eigenvalue weighted by Crippen LogP contribution is 2.41. The number of fused-ring (bicyclic) bond motifs is 1. The summed E-state index contributed by atoms with van der Waals surface area (Å²) in [5, 5.41) is 6.50. The van der Waals surface area contributed by atoms with Gasteiger partial charge in [-0.3, -0.25) is 4.79 Å². The number of carbonyl (C=O) groups excluding carboxylic acids is 1. The molecule has 2 aliphatic rings. The Labute approximate surface area is 149 Å². The Kier molecular flexibility index (Phi) is 3.93. The van der Waals surface area contributed by atoms with Gasteiger partial charge in [0.15, 0.2) is 0 Å². The standard InChI is InChI=1S/C20H19F3N2O/c21-20(22,23)15-5-3-4-14(12-15)13-8-10-19(11-9-13)24-17-7-2-1-6-16(17)18(26)25-19/h1-7,12-13,24H,8-11H2,(H,25,26). The van der Waals surface area contributed by atoms with Crippen LogP contribution in [0.25, 0.3) is 0 Å². The minimum Gasteiger partial charge on any atom is -0.362 e. The van der Waals surface area contributed by atoms with Gasteiger partial charge in [0.05, 0.1) is 11.1 Å². The van der Waals surface area contributed by atoms with E-state index in [1.54, 1.807) is 12.1 Å². The van der Waals surface area contributed by atoms with E-state index in [1.165, 1.54) is 12.1 Å². The number of anilines is 1. The molecule has 1 aliphatic carbocycles. The molecule has 3 nitrogen and oxygen atoms in total. The summed E-state index contributed by atoms with van der Waals surface area (Å²) in [7, 11) is 0. The Hall–Kier alpha value is -2.50. The van der Waals surface area contributed by atoms with Crippen LogP contribution in [0, 0.1) is 0 Å². The van der Waals surface area contributed by atoms with Crippen LogP contribution in [0.1, 0.15) is 53.1 Å². The second-order valence-electron chi connectivity index (χ2n) is 7.10. The Balaban J connectivity index is 1.51. The van der Waals surface area contributed by atoms with E-state index in [1.807, 2.05) is 18.2 Å². The highest BCUT2D eigenvalue weighted by atomic mass is 19.4. The molecule has 0 bridgehead atoms. The zero-order valence-corrected chi connectivity index (χ0v) is 14.1. The van der Waals surface area contributed by atoms with Crippen molar-refractivity contribution in [3.63, 3.8) is 0 Å². The minimum absolute atomic E-state index is 0.0683. The smallest absolute Gasteiger partial charge is 0.362 e. The van der Waals surface area contributed by atoms with Gasteiger partial charge in [0.2, 0.25) is 0 Å². The van der Waals surface area contributed by atoms with Crippen molar-refractivity contribution < 1.29 is 18.0 Å². The maximum atomic E-state index is 12.9. The summed E-state index contributed by atoms with van der Waals surface area (Å²) < 4.78 is 38.8. The second-order valence-corrected chi connectivity index (χ2v) is 7.10. The monoisotopic (exact) mass is 360 g/mol. The van der Waals surface area contributed by atoms with Gasteiger partial charge in [-0.1, -0.05) is 30.3 Å². The topological polar surface area (TPSA) is 41.1 Å². The first-order chi connectivity index (χ1) is 12.4. The lowest BCUT2D eigenvalue weighted by molar-refractivity contribution is -0.137. The summed E-state index contributed by atoms with van der Waals surface area (Å²) in [5.41, 5.74) is 1.04. The van der Waals surface area contributed by atoms with E-state index in [4.69, 9.17) is 0 Å². The van der Waals surface area contributed by atoms with Gasteiger partial charge < -0.3 is 10.6 Å². The van der Waals surface area contributed by atoms with Crippen LogP contribution in [0.5, 0.6) is 0 Å². The Morgan fingerprint density at radius 1 is 0.962 bits per heavy atom. The van der Waals surface area contributed by atoms with E-state index in [-0.39, 0.29) is 11.8 Å². The van der Waals surface area contributed by atoms with Crippen molar-refractivity contribution in [1.29, 1.82) is 0 Å². The molecule has 1 amide bonds. The average Bonchev–Trinajstić information content (AvgIpc) is 2.62. The molecule has 0 saturated heterocycles. The molecule has 1 saturated carbocycles. The molecule has 1 heterocycles. The number of para-hydroxylation sites is 1. The first-order valence-electron chi connectivity index (χ1n) is 8.73. The fourth-order valence-corrected chi connectivity index (χ4v) is 4.03. The number of amides is 1. The molecule has 4 rings (SSSR count). The number of alkyl halides is 3. The molecule has 26 heavy (non-hydrogen) atoms. The molecule has 0 aromatic heterocycles. The van der Waals surface area contributed by atoms with Gasteiger partial charge in [0.1, 0.15) is 5.66 Å². The average molecular weight is 360 g/mol. The van der Waals surface area contributed by atoms with E-state index in [0.29, 0.717) is 18.4 Å². The predicted molar refractivity (Wildman–Crippen MR) is 92.9 cm³/mol. The third-order valence-electron chi connectivity index (χ3n) is 5.42. The summed E-state index contributed by atoms with van der Waals surface area (Å²) in [6.45, 7) is 0. The van der Waals surface area contributed by atoms with Crippen molar-refractivity contribution in [2.45, 2.75) is 43.4 Å². The summed E-state index contributed by atoms with van der Waals surface area (Å²) in [4.78, 5) is 12.4. The van der Waals surface area contributed by atoms with E-state index in [2.05, 4.69) is 10.6 Å². The molecule has 2 aromatic rings. The maximum absolute atomic E-state index is 12.9. The quantitative estimate of drug-likeness (QED) is 0.758. The maximum Gasteiger partial charge on any atom is 0.416 e. The lowest BCUT2D eigenvalue weighted by atomic mass is 9.77. The van der Waals surface area contributed by atoms with E-state index in [9.17, 15) is 18.0 Å². The van der Waals surface area contributed by atoms with E-state index >= 15 is 0 Å². The zero-order chi connectivity index (χ0) is 18.4. The molecular weight excluding hydrogens is 341 g/mol. The number of carbonyl (C=O) groups is 1. The highest BCUT2D eigenvalue weighted by Gasteiger charge is 2.41. The number of rotatable bonds is 1. The van der Waals surface area contributed by atoms with Crippen molar-refractivity contribution in [1.82, 2.24) is 5.32 Å². The Morgan fingerprint density at radius 3 is 2.42 bits per heavy atom. The van der Waals surface area contributed by atoms with Crippen LogP contribution in [0.2, 0.25) is 0 Å². The fourth-order valence-electron chi connectivity index (χ4n) is 4.03.